The van der Waals surface area contributed by atoms with Crippen molar-refractivity contribution in [3.63, 3.8) is 0 Å². The van der Waals surface area contributed by atoms with Crippen molar-refractivity contribution in [3.8, 4) is 11.3 Å². The molecule has 1 atom stereocenters. The third kappa shape index (κ3) is 5.29. The molecule has 36 heavy (non-hydrogen) atoms. The Morgan fingerprint density at radius 3 is 2.42 bits per heavy atom. The lowest BCUT2D eigenvalue weighted by Crippen LogP contribution is -2.45. The van der Waals surface area contributed by atoms with Gasteiger partial charge in [0, 0.05) is 55.3 Å². The Bertz CT molecular complexity index is 1200. The van der Waals surface area contributed by atoms with Gasteiger partial charge in [-0.15, -0.1) is 0 Å². The van der Waals surface area contributed by atoms with Gasteiger partial charge in [-0.05, 0) is 31.7 Å². The molecule has 0 spiro atoms. The number of hydrogen-bond acceptors (Lipinski definition) is 4. The highest BCUT2D eigenvalue weighted by molar-refractivity contribution is 6.09. The van der Waals surface area contributed by atoms with Crippen molar-refractivity contribution in [1.82, 2.24) is 20.1 Å². The van der Waals surface area contributed by atoms with Crippen molar-refractivity contribution >= 4 is 23.2 Å². The fourth-order valence-corrected chi connectivity index (χ4v) is 5.78. The number of nitrogens with one attached hydrogen (secondary N) is 1. The van der Waals surface area contributed by atoms with Crippen molar-refractivity contribution in [2.45, 2.75) is 51.6 Å². The Hall–Kier alpha value is -3.25. The van der Waals surface area contributed by atoms with Gasteiger partial charge in [0.2, 0.25) is 6.41 Å². The molecule has 2 fully saturated rings. The number of hydrogen-bond donors (Lipinski definition) is 1. The average molecular weight is 485 g/mol. The third-order valence-electron chi connectivity index (χ3n) is 7.92. The van der Waals surface area contributed by atoms with Crippen molar-refractivity contribution < 1.29 is 9.59 Å². The van der Waals surface area contributed by atoms with E-state index in [1.807, 2.05) is 47.4 Å². The molecule has 2 aliphatic rings. The normalized spacial score (nSPS) is 18.2. The van der Waals surface area contributed by atoms with Gasteiger partial charge in [0.05, 0.1) is 16.8 Å². The summed E-state index contributed by atoms with van der Waals surface area (Å²) in [4.78, 5) is 34.5. The second-order valence-electron chi connectivity index (χ2n) is 10.3. The van der Waals surface area contributed by atoms with E-state index in [1.54, 1.807) is 0 Å². The Balaban J connectivity index is 1.57. The van der Waals surface area contributed by atoms with Crippen LogP contribution in [0.2, 0.25) is 0 Å². The van der Waals surface area contributed by atoms with Gasteiger partial charge in [-0.25, -0.2) is 4.98 Å². The number of aromatic nitrogens is 1. The molecule has 2 aromatic carbocycles. The number of rotatable bonds is 7. The summed E-state index contributed by atoms with van der Waals surface area (Å²) in [6, 6.07) is 18.3. The quantitative estimate of drug-likeness (QED) is 0.486. The van der Waals surface area contributed by atoms with Gasteiger partial charge >= 0.3 is 0 Å². The first-order valence-corrected chi connectivity index (χ1v) is 13.3. The number of nitrogens with zero attached hydrogens (tertiary/aromatic N) is 3. The third-order valence-corrected chi connectivity index (χ3v) is 7.92. The van der Waals surface area contributed by atoms with Crippen LogP contribution in [0, 0.1) is 5.92 Å². The first kappa shape index (κ1) is 24.4. The van der Waals surface area contributed by atoms with E-state index in [-0.39, 0.29) is 11.9 Å². The molecule has 1 saturated heterocycles. The van der Waals surface area contributed by atoms with Gasteiger partial charge in [0.15, 0.2) is 0 Å². The van der Waals surface area contributed by atoms with Gasteiger partial charge < -0.3 is 10.2 Å². The Labute approximate surface area is 213 Å². The highest BCUT2D eigenvalue weighted by Gasteiger charge is 2.27. The molecule has 2 amide bonds. The molecular formula is C30H36N4O2. The van der Waals surface area contributed by atoms with Gasteiger partial charge in [0.25, 0.3) is 5.91 Å². The zero-order valence-corrected chi connectivity index (χ0v) is 21.2. The summed E-state index contributed by atoms with van der Waals surface area (Å²) in [5.41, 5.74) is 4.41. The maximum Gasteiger partial charge on any atom is 0.252 e. The second kappa shape index (κ2) is 11.2. The maximum atomic E-state index is 14.0. The van der Waals surface area contributed by atoms with Crippen LogP contribution in [-0.2, 0) is 11.3 Å². The largest absolute Gasteiger partial charge is 0.349 e. The summed E-state index contributed by atoms with van der Waals surface area (Å²) in [5, 5.41) is 4.29. The Morgan fingerprint density at radius 2 is 1.69 bits per heavy atom. The van der Waals surface area contributed by atoms with Crippen molar-refractivity contribution in [2.24, 2.45) is 5.92 Å². The molecule has 1 aliphatic heterocycles. The first-order valence-electron chi connectivity index (χ1n) is 13.3. The molecule has 5 rings (SSSR count). The van der Waals surface area contributed by atoms with Gasteiger partial charge in [-0.1, -0.05) is 67.8 Å². The number of amides is 2. The van der Waals surface area contributed by atoms with Crippen LogP contribution in [0.4, 0.5) is 0 Å². The standard InChI is InChI=1S/C30H36N4O2/c1-22(23-10-4-2-5-11-23)31-30(36)28-25-14-8-9-15-27(25)32-29(24-12-6-3-7-13-24)26(28)20-33-16-18-34(21-35)19-17-33/h3,6-9,12-15,21-23H,2,4-5,10-11,16-20H2,1H3,(H,31,36). The molecule has 1 unspecified atom stereocenters. The zero-order valence-electron chi connectivity index (χ0n) is 21.2. The summed E-state index contributed by atoms with van der Waals surface area (Å²) in [5.74, 6) is 0.523. The minimum Gasteiger partial charge on any atom is -0.349 e. The number of carbonyl (C=O) groups is 2. The highest BCUT2D eigenvalue weighted by Crippen LogP contribution is 2.32. The van der Waals surface area contributed by atoms with Crippen LogP contribution >= 0.6 is 0 Å². The Morgan fingerprint density at radius 1 is 1.00 bits per heavy atom. The number of carbonyl (C=O) groups excluding carboxylic acids is 2. The van der Waals surface area contributed by atoms with Crippen LogP contribution < -0.4 is 5.32 Å². The molecule has 6 heteroatoms. The topological polar surface area (TPSA) is 65.5 Å². The minimum atomic E-state index is -0.00891. The maximum absolute atomic E-state index is 14.0. The number of piperazine rings is 1. The smallest absolute Gasteiger partial charge is 0.252 e. The molecule has 188 valence electrons. The van der Waals surface area contributed by atoms with Crippen LogP contribution in [0.25, 0.3) is 22.2 Å². The predicted molar refractivity (Wildman–Crippen MR) is 144 cm³/mol. The van der Waals surface area contributed by atoms with E-state index >= 15 is 0 Å². The first-order chi connectivity index (χ1) is 17.6. The lowest BCUT2D eigenvalue weighted by molar-refractivity contribution is -0.119. The summed E-state index contributed by atoms with van der Waals surface area (Å²) in [6.45, 7) is 5.73. The van der Waals surface area contributed by atoms with Gasteiger partial charge in [0.1, 0.15) is 0 Å². The number of para-hydroxylation sites is 1. The molecule has 1 saturated carbocycles. The molecule has 0 radical (unpaired) electrons. The van der Waals surface area contributed by atoms with Gasteiger partial charge in [-0.2, -0.15) is 0 Å². The average Bonchev–Trinajstić information content (AvgIpc) is 2.94. The molecule has 1 aromatic heterocycles. The predicted octanol–water partition coefficient (Wildman–Crippen LogP) is 4.87. The van der Waals surface area contributed by atoms with E-state index in [1.165, 1.54) is 32.1 Å². The summed E-state index contributed by atoms with van der Waals surface area (Å²) in [7, 11) is 0. The molecule has 0 bridgehead atoms. The molecule has 1 N–H and O–H groups in total. The van der Waals surface area contributed by atoms with E-state index in [0.717, 1.165) is 52.8 Å². The van der Waals surface area contributed by atoms with Crippen LogP contribution in [0.3, 0.4) is 0 Å². The highest BCUT2D eigenvalue weighted by atomic mass is 16.1. The van der Waals surface area contributed by atoms with Crippen LogP contribution in [0.1, 0.15) is 54.9 Å². The van der Waals surface area contributed by atoms with E-state index in [2.05, 4.69) is 29.3 Å². The monoisotopic (exact) mass is 484 g/mol. The number of benzene rings is 2. The number of pyridine rings is 1. The Kier molecular flexibility index (Phi) is 7.61. The van der Waals surface area contributed by atoms with E-state index in [4.69, 9.17) is 4.98 Å². The molecule has 3 aromatic rings. The van der Waals surface area contributed by atoms with Gasteiger partial charge in [-0.3, -0.25) is 14.5 Å². The van der Waals surface area contributed by atoms with E-state index < -0.39 is 0 Å². The lowest BCUT2D eigenvalue weighted by Gasteiger charge is -2.33. The van der Waals surface area contributed by atoms with E-state index in [0.29, 0.717) is 25.6 Å². The van der Waals surface area contributed by atoms with Crippen LogP contribution in [0.15, 0.2) is 54.6 Å². The van der Waals surface area contributed by atoms with E-state index in [9.17, 15) is 9.59 Å². The molecule has 2 heterocycles. The lowest BCUT2D eigenvalue weighted by atomic mass is 9.84. The molecule has 6 nitrogen and oxygen atoms in total. The van der Waals surface area contributed by atoms with Crippen molar-refractivity contribution in [3.05, 3.63) is 65.7 Å². The molecular weight excluding hydrogens is 448 g/mol. The second-order valence-corrected chi connectivity index (χ2v) is 10.3. The SMILES string of the molecule is CC(NC(=O)c1c(CN2CCN(C=O)CC2)c(-c2ccccc2)nc2ccccc12)C1CCCCC1. The van der Waals surface area contributed by atoms with Crippen LogP contribution in [-0.4, -0.2) is 59.3 Å². The molecule has 1 aliphatic carbocycles. The fourth-order valence-electron chi connectivity index (χ4n) is 5.78. The fraction of sp³-hybridized carbons (Fsp3) is 0.433. The summed E-state index contributed by atoms with van der Waals surface area (Å²) < 4.78 is 0. The summed E-state index contributed by atoms with van der Waals surface area (Å²) >= 11 is 0. The van der Waals surface area contributed by atoms with Crippen LogP contribution in [0.5, 0.6) is 0 Å². The minimum absolute atomic E-state index is 0.00891. The van der Waals surface area contributed by atoms with Crippen molar-refractivity contribution in [1.29, 1.82) is 0 Å². The zero-order chi connectivity index (χ0) is 24.9. The van der Waals surface area contributed by atoms with Crippen molar-refractivity contribution in [2.75, 3.05) is 26.2 Å². The number of fused-ring (bicyclic) bond motifs is 1. The summed E-state index contributed by atoms with van der Waals surface area (Å²) in [6.07, 6.45) is 7.09.